The number of hydrogen-bond donors (Lipinski definition) is 0. The van der Waals surface area contributed by atoms with E-state index < -0.39 is 10.1 Å². The summed E-state index contributed by atoms with van der Waals surface area (Å²) in [4.78, 5) is -0.178. The van der Waals surface area contributed by atoms with Crippen LogP contribution in [0.4, 0.5) is 0 Å². The zero-order valence-corrected chi connectivity index (χ0v) is 20.4. The molecule has 156 valence electrons. The lowest BCUT2D eigenvalue weighted by Crippen LogP contribution is -3.00. The summed E-state index contributed by atoms with van der Waals surface area (Å²) in [5.41, 5.74) is 0.928. The third kappa shape index (κ3) is 15.8. The molecule has 1 aromatic carbocycles. The summed E-state index contributed by atoms with van der Waals surface area (Å²) in [6.45, 7) is 16.0. The molecule has 0 aromatic heterocycles. The number of quaternary nitrogens is 2. The van der Waals surface area contributed by atoms with Crippen molar-refractivity contribution in [3.05, 3.63) is 29.8 Å². The van der Waals surface area contributed by atoms with Gasteiger partial charge in [-0.25, -0.2) is 8.42 Å². The molecule has 0 fully saturated rings. The van der Waals surface area contributed by atoms with Crippen molar-refractivity contribution < 1.29 is 38.9 Å². The fourth-order valence-corrected chi connectivity index (χ4v) is 2.52. The van der Waals surface area contributed by atoms with Gasteiger partial charge in [0.25, 0.3) is 0 Å². The van der Waals surface area contributed by atoms with E-state index in [0.717, 1.165) is 10.0 Å². The first-order valence-electron chi connectivity index (χ1n) is 8.91. The molecule has 26 heavy (non-hydrogen) atoms. The Hall–Kier alpha value is -0.470. The molecule has 0 aliphatic rings. The molecule has 0 saturated carbocycles. The summed E-state index contributed by atoms with van der Waals surface area (Å²) >= 11 is 0. The van der Waals surface area contributed by atoms with Crippen molar-refractivity contribution in [3.8, 4) is 0 Å². The van der Waals surface area contributed by atoms with Gasteiger partial charge in [0.1, 0.15) is 10.1 Å². The Labute approximate surface area is 172 Å². The average Bonchev–Trinajstić information content (AvgIpc) is 2.49. The number of hydrogen-bond acceptors (Lipinski definition) is 3. The average molecular weight is 456 g/mol. The maximum Gasteiger partial charge on any atom is 0.124 e. The zero-order valence-electron chi connectivity index (χ0n) is 18.0. The first-order chi connectivity index (χ1) is 11.2. The highest BCUT2D eigenvalue weighted by Gasteiger charge is 2.16. The van der Waals surface area contributed by atoms with Gasteiger partial charge in [0.05, 0.1) is 59.3 Å². The Kier molecular flexibility index (Phi) is 15.9. The van der Waals surface area contributed by atoms with Crippen molar-refractivity contribution in [2.45, 2.75) is 39.5 Å². The summed E-state index contributed by atoms with van der Waals surface area (Å²) in [6, 6.07) is 5.78. The molecule has 0 spiro atoms. The number of nitrogens with zero attached hydrogens (tertiary/aromatic N) is 2. The molecular weight excluding hydrogens is 416 g/mol. The van der Waals surface area contributed by atoms with Crippen molar-refractivity contribution >= 4 is 10.1 Å². The predicted octanol–water partition coefficient (Wildman–Crippen LogP) is 0.108. The minimum Gasteiger partial charge on any atom is -1.00 e. The molecule has 0 N–H and O–H groups in total. The van der Waals surface area contributed by atoms with Crippen LogP contribution in [0.25, 0.3) is 0 Å². The highest BCUT2D eigenvalue weighted by Crippen LogP contribution is 2.08. The lowest BCUT2D eigenvalue weighted by molar-refractivity contribution is -0.921. The summed E-state index contributed by atoms with van der Waals surface area (Å²) < 4.78 is 33.4. The molecule has 0 saturated heterocycles. The molecule has 0 aliphatic heterocycles. The predicted molar refractivity (Wildman–Crippen MR) is 106 cm³/mol. The van der Waals surface area contributed by atoms with Gasteiger partial charge in [0.2, 0.25) is 0 Å². The third-order valence-corrected chi connectivity index (χ3v) is 4.84. The Morgan fingerprint density at radius 3 is 1.23 bits per heavy atom. The lowest BCUT2D eigenvalue weighted by atomic mass is 10.2. The smallest absolute Gasteiger partial charge is 0.124 e. The van der Waals surface area contributed by atoms with Crippen molar-refractivity contribution in [3.63, 3.8) is 0 Å². The van der Waals surface area contributed by atoms with E-state index in [0.29, 0.717) is 0 Å². The number of halogens is 1. The second-order valence-electron chi connectivity index (χ2n) is 7.56. The molecule has 0 radical (unpaired) electrons. The van der Waals surface area contributed by atoms with Gasteiger partial charge in [-0.15, -0.1) is 0 Å². The van der Waals surface area contributed by atoms with Crippen LogP contribution in [0.5, 0.6) is 0 Å². The van der Waals surface area contributed by atoms with Gasteiger partial charge in [0.15, 0.2) is 0 Å². The number of benzene rings is 1. The van der Waals surface area contributed by atoms with E-state index in [9.17, 15) is 13.0 Å². The number of aryl methyl sites for hydroxylation is 1. The molecule has 0 atom stereocenters. The van der Waals surface area contributed by atoms with Gasteiger partial charge < -0.3 is 30.5 Å². The minimum absolute atomic E-state index is 0. The first-order valence-corrected chi connectivity index (χ1v) is 10.3. The second-order valence-corrected chi connectivity index (χ2v) is 8.94. The van der Waals surface area contributed by atoms with Gasteiger partial charge in [-0.2, -0.15) is 0 Å². The van der Waals surface area contributed by atoms with Gasteiger partial charge >= 0.3 is 0 Å². The molecule has 1 rings (SSSR count). The van der Waals surface area contributed by atoms with Crippen LogP contribution in [0.15, 0.2) is 29.2 Å². The van der Waals surface area contributed by atoms with Crippen LogP contribution in [0, 0.1) is 6.92 Å². The monoisotopic (exact) mass is 454 g/mol. The zero-order chi connectivity index (χ0) is 20.3. The molecule has 5 nitrogen and oxygen atoms in total. The van der Waals surface area contributed by atoms with Gasteiger partial charge in [-0.3, -0.25) is 0 Å². The molecule has 1 aromatic rings. The maximum atomic E-state index is 10.4. The second kappa shape index (κ2) is 13.7. The molecule has 0 unspecified atom stereocenters. The first kappa shape index (κ1) is 30.3. The lowest BCUT2D eigenvalue weighted by Gasteiger charge is -2.34. The molecule has 0 amide bonds. The summed E-state index contributed by atoms with van der Waals surface area (Å²) in [5, 5.41) is 0. The largest absolute Gasteiger partial charge is 1.00 e. The SMILES string of the molecule is CC[N+](CC)(CC)CC.C[N+](C)(C)C.Cc1ccc(S(=O)(=O)[O-])cc1.[Br-]. The number of rotatable bonds is 5. The topological polar surface area (TPSA) is 57.2 Å². The van der Waals surface area contributed by atoms with Crippen LogP contribution in [0.1, 0.15) is 33.3 Å². The third-order valence-electron chi connectivity index (χ3n) is 3.99. The summed E-state index contributed by atoms with van der Waals surface area (Å²) in [6.07, 6.45) is 0. The van der Waals surface area contributed by atoms with Crippen LogP contribution >= 0.6 is 0 Å². The fourth-order valence-electron chi connectivity index (χ4n) is 2.05. The van der Waals surface area contributed by atoms with E-state index in [-0.39, 0.29) is 21.9 Å². The Bertz CT molecular complexity index is 540. The Morgan fingerprint density at radius 2 is 1.08 bits per heavy atom. The van der Waals surface area contributed by atoms with E-state index >= 15 is 0 Å². The fraction of sp³-hybridized carbons (Fsp3) is 0.684. The molecular formula is C19H39BrN2O3S. The van der Waals surface area contributed by atoms with Gasteiger partial charge in [-0.1, -0.05) is 17.7 Å². The Morgan fingerprint density at radius 1 is 0.808 bits per heavy atom. The Balaban J connectivity index is -0.000000321. The summed E-state index contributed by atoms with van der Waals surface area (Å²) in [5.74, 6) is 0. The highest BCUT2D eigenvalue weighted by molar-refractivity contribution is 7.85. The maximum absolute atomic E-state index is 10.4. The normalized spacial score (nSPS) is 11.3. The molecule has 0 bridgehead atoms. The van der Waals surface area contributed by atoms with Gasteiger partial charge in [0, 0.05) is 0 Å². The van der Waals surface area contributed by atoms with Crippen molar-refractivity contribution in [1.29, 1.82) is 0 Å². The molecule has 0 aliphatic carbocycles. The van der Waals surface area contributed by atoms with E-state index in [4.69, 9.17) is 0 Å². The van der Waals surface area contributed by atoms with Crippen LogP contribution in [-0.4, -0.2) is 76.3 Å². The van der Waals surface area contributed by atoms with Crippen molar-refractivity contribution in [1.82, 2.24) is 0 Å². The van der Waals surface area contributed by atoms with Crippen molar-refractivity contribution in [2.75, 3.05) is 54.4 Å². The van der Waals surface area contributed by atoms with Crippen LogP contribution in [0.3, 0.4) is 0 Å². The van der Waals surface area contributed by atoms with Crippen molar-refractivity contribution in [2.24, 2.45) is 0 Å². The standard InChI is InChI=1S/C8H20N.C7H8O3S.C4H12N.BrH/c1-5-9(6-2,7-3)8-4;1-6-2-4-7(5-3-6)11(8,9)10;1-5(2,3)4;/h5-8H2,1-4H3;2-5H,1H3,(H,8,9,10);1-4H3;1H/q+1;;+1;/p-2. The van der Waals surface area contributed by atoms with E-state index in [1.54, 1.807) is 12.1 Å². The summed E-state index contributed by atoms with van der Waals surface area (Å²) in [7, 11) is 4.23. The minimum atomic E-state index is -4.27. The molecule has 0 heterocycles. The van der Waals surface area contributed by atoms with E-state index in [1.165, 1.54) is 42.8 Å². The molecule has 7 heteroatoms. The van der Waals surface area contributed by atoms with Crippen LogP contribution in [-0.2, 0) is 10.1 Å². The van der Waals surface area contributed by atoms with Crippen LogP contribution < -0.4 is 17.0 Å². The van der Waals surface area contributed by atoms with E-state index in [2.05, 4.69) is 55.9 Å². The van der Waals surface area contributed by atoms with E-state index in [1.807, 2.05) is 6.92 Å². The quantitative estimate of drug-likeness (QED) is 0.468. The van der Waals surface area contributed by atoms with Gasteiger partial charge in [-0.05, 0) is 46.8 Å². The van der Waals surface area contributed by atoms with Crippen LogP contribution in [0.2, 0.25) is 0 Å². The highest BCUT2D eigenvalue weighted by atomic mass is 79.9.